The summed E-state index contributed by atoms with van der Waals surface area (Å²) in [5.41, 5.74) is 1.69. The number of thioether (sulfide) groups is 1. The highest BCUT2D eigenvalue weighted by Gasteiger charge is 2.49. The topological polar surface area (TPSA) is 260 Å². The number of likely N-dealkylation sites (tertiary alicyclic amines) is 1. The molecule has 5 N–H and O–H groups in total. The first-order valence-electron chi connectivity index (χ1n) is 35.2. The number of carbonyl (C=O) groups is 5. The highest BCUT2D eigenvalue weighted by atomic mass is 35.5. The second kappa shape index (κ2) is 35.3. The van der Waals surface area contributed by atoms with Gasteiger partial charge in [-0.2, -0.15) is 13.2 Å². The van der Waals surface area contributed by atoms with Crippen molar-refractivity contribution >= 4 is 101 Å². The van der Waals surface area contributed by atoms with Gasteiger partial charge in [-0.05, 0) is 140 Å². The molecule has 4 aliphatic rings. The van der Waals surface area contributed by atoms with E-state index >= 15 is 0 Å². The van der Waals surface area contributed by atoms with E-state index < -0.39 is 82.3 Å². The van der Waals surface area contributed by atoms with Crippen LogP contribution in [-0.4, -0.2) is 197 Å². The molecule has 1 aromatic heterocycles. The summed E-state index contributed by atoms with van der Waals surface area (Å²) < 4.78 is 105. The number of β-amino-alcohol motifs (C(OH)–C–C–N with tert-alkyl or cyclic N) is 1. The van der Waals surface area contributed by atoms with Crippen LogP contribution in [0.1, 0.15) is 119 Å². The van der Waals surface area contributed by atoms with E-state index in [0.29, 0.717) is 140 Å². The summed E-state index contributed by atoms with van der Waals surface area (Å²) in [6.45, 7) is 16.3. The van der Waals surface area contributed by atoms with E-state index in [1.807, 2.05) is 123 Å². The molecule has 21 nitrogen and oxygen atoms in total. The predicted molar refractivity (Wildman–Crippen MR) is 400 cm³/mol. The van der Waals surface area contributed by atoms with Gasteiger partial charge in [0, 0.05) is 124 Å². The number of aromatic nitrogens is 1. The van der Waals surface area contributed by atoms with Gasteiger partial charge in [0.2, 0.25) is 23.6 Å². The van der Waals surface area contributed by atoms with Gasteiger partial charge in [-0.15, -0.1) is 23.1 Å². The number of alkyl halides is 3. The first-order valence-corrected chi connectivity index (χ1v) is 40.4. The largest absolute Gasteiger partial charge is 0.501 e. The first-order chi connectivity index (χ1) is 49.5. The van der Waals surface area contributed by atoms with Crippen LogP contribution in [0.25, 0.3) is 16.0 Å². The summed E-state index contributed by atoms with van der Waals surface area (Å²) >= 11 is 9.31. The Kier molecular flexibility index (Phi) is 26.9. The first kappa shape index (κ1) is 79.2. The van der Waals surface area contributed by atoms with Gasteiger partial charge in [0.15, 0.2) is 0 Å². The van der Waals surface area contributed by atoms with E-state index in [0.717, 1.165) is 61.1 Å². The molecule has 0 spiro atoms. The fourth-order valence-electron chi connectivity index (χ4n) is 13.4. The highest BCUT2D eigenvalue weighted by Crippen LogP contribution is 2.38. The standard InChI is InChI=1S/C75H92ClF3N10O11S4/c1-50(52-17-19-54(20-18-52)69-51(2)80-49-102-69)81-72(94)65-43-60(90)47-89(65)73(95)70(74(3,4)5)83-67(91)15-11-6-7-12-16-68(92)88-34-32-63(53-21-25-57(76)26-22-53)56(46-88)45-86-35-37-87(38-36-86)59-27-23-55(24-28-59)71(93)84-104(98,99)62-29-30-64(66(44-62)103(96,97)75(77,78)79)82-58(31-33-85-39-41-100-42-40-85)48-101-61-13-9-8-10-14-61/h8-10,13-14,17-30,44,49-50,58,60,65,70,82,90H,6-7,11-12,15-16,31-43,45-48H2,1-5H3,(H,81,94)(H,83,91)(H,84,93)/t50-,58?,60+,65-,70?/m0/s1. The lowest BCUT2D eigenvalue weighted by Gasteiger charge is -2.39. The van der Waals surface area contributed by atoms with Crippen molar-refractivity contribution in [3.8, 4) is 10.4 Å². The molecule has 0 saturated carbocycles. The van der Waals surface area contributed by atoms with Crippen LogP contribution in [0.4, 0.5) is 24.5 Å². The zero-order valence-corrected chi connectivity index (χ0v) is 63.2. The molecule has 104 heavy (non-hydrogen) atoms. The van der Waals surface area contributed by atoms with E-state index in [1.54, 1.807) is 29.0 Å². The number of amides is 5. The number of aliphatic hydroxyl groups excluding tert-OH is 1. The number of aryl methyl sites for hydroxylation is 1. The van der Waals surface area contributed by atoms with Crippen molar-refractivity contribution in [2.24, 2.45) is 5.41 Å². The van der Waals surface area contributed by atoms with Crippen molar-refractivity contribution in [1.29, 1.82) is 0 Å². The maximum Gasteiger partial charge on any atom is 0.501 e. The molecule has 10 rings (SSSR count). The molecule has 3 saturated heterocycles. The van der Waals surface area contributed by atoms with Crippen LogP contribution in [0, 0.1) is 12.3 Å². The number of ether oxygens (including phenoxy) is 1. The Labute approximate surface area is 620 Å². The second-order valence-corrected chi connectivity index (χ2v) is 34.0. The molecule has 4 aliphatic heterocycles. The van der Waals surface area contributed by atoms with Crippen molar-refractivity contribution in [3.63, 3.8) is 0 Å². The van der Waals surface area contributed by atoms with Crippen LogP contribution >= 0.6 is 34.7 Å². The Morgan fingerprint density at radius 3 is 2.12 bits per heavy atom. The zero-order chi connectivity index (χ0) is 74.5. The minimum Gasteiger partial charge on any atom is -0.391 e. The number of nitrogens with one attached hydrogen (secondary N) is 4. The molecule has 3 fully saturated rings. The number of thiazole rings is 1. The van der Waals surface area contributed by atoms with Gasteiger partial charge >= 0.3 is 5.51 Å². The maximum absolute atomic E-state index is 14.4. The fraction of sp³-hybridized carbons (Fsp3) is 0.467. The van der Waals surface area contributed by atoms with Gasteiger partial charge in [-0.1, -0.05) is 99.8 Å². The number of benzene rings is 5. The van der Waals surface area contributed by atoms with Crippen molar-refractivity contribution in [2.75, 3.05) is 101 Å². The number of hydrogen-bond acceptors (Lipinski definition) is 18. The molecule has 560 valence electrons. The SMILES string of the molecule is Cc1ncsc1-c1ccc([C@H](C)NC(=O)[C@@H]2C[C@@H](O)CN2C(=O)C(NC(=O)CCCCCCC(=O)N2CCC(c3ccc(Cl)cc3)=C(CN3CCN(c4ccc(C(=O)NS(=O)(=O)c5ccc(NC(CCN6CCOCC6)CSc6ccccc6)c(S(=O)(=O)C(F)(F)F)c5)cc4)CC3)C2)C(C)(C)C)cc1. The average molecular weight is 1530 g/mol. The second-order valence-electron chi connectivity index (χ2n) is 28.0. The summed E-state index contributed by atoms with van der Waals surface area (Å²) in [4.78, 5) is 83.3. The van der Waals surface area contributed by atoms with E-state index in [4.69, 9.17) is 16.3 Å². The molecular formula is C75H92ClF3N10O11S4. The van der Waals surface area contributed by atoms with Gasteiger partial charge in [-0.3, -0.25) is 33.8 Å². The molecule has 6 aromatic rings. The zero-order valence-electron chi connectivity index (χ0n) is 59.1. The Morgan fingerprint density at radius 1 is 0.788 bits per heavy atom. The molecule has 29 heteroatoms. The molecule has 5 atom stereocenters. The van der Waals surface area contributed by atoms with Crippen LogP contribution in [-0.2, 0) is 43.8 Å². The third-order valence-electron chi connectivity index (χ3n) is 19.4. The molecule has 5 heterocycles. The number of rotatable bonds is 29. The maximum atomic E-state index is 14.4. The van der Waals surface area contributed by atoms with E-state index in [2.05, 4.69) is 35.6 Å². The Morgan fingerprint density at radius 2 is 1.46 bits per heavy atom. The number of anilines is 2. The molecule has 0 bridgehead atoms. The van der Waals surface area contributed by atoms with Crippen LogP contribution in [0.2, 0.25) is 5.02 Å². The molecule has 5 aromatic carbocycles. The Hall–Kier alpha value is -7.41. The smallest absolute Gasteiger partial charge is 0.391 e. The summed E-state index contributed by atoms with van der Waals surface area (Å²) in [7, 11) is -11.0. The number of sulfone groups is 1. The van der Waals surface area contributed by atoms with E-state index in [9.17, 15) is 59.1 Å². The number of piperazine rings is 1. The van der Waals surface area contributed by atoms with E-state index in [1.165, 1.54) is 28.8 Å². The minimum absolute atomic E-state index is 0.0350. The number of halogens is 4. The molecule has 5 amide bonds. The molecule has 0 radical (unpaired) electrons. The molecular weight excluding hydrogens is 1440 g/mol. The van der Waals surface area contributed by atoms with Gasteiger partial charge in [-0.25, -0.2) is 26.5 Å². The van der Waals surface area contributed by atoms with E-state index in [-0.39, 0.29) is 48.7 Å². The van der Waals surface area contributed by atoms with Gasteiger partial charge < -0.3 is 40.5 Å². The molecule has 2 unspecified atom stereocenters. The van der Waals surface area contributed by atoms with Crippen molar-refractivity contribution in [1.82, 2.24) is 39.9 Å². The third kappa shape index (κ3) is 20.8. The van der Waals surface area contributed by atoms with Crippen molar-refractivity contribution in [3.05, 3.63) is 160 Å². The van der Waals surface area contributed by atoms with Crippen LogP contribution in [0.15, 0.2) is 147 Å². The predicted octanol–water partition coefficient (Wildman–Crippen LogP) is 11.0. The summed E-state index contributed by atoms with van der Waals surface area (Å²) in [5, 5.41) is 20.4. The van der Waals surface area contributed by atoms with Crippen LogP contribution < -0.4 is 25.6 Å². The van der Waals surface area contributed by atoms with Gasteiger partial charge in [0.25, 0.3) is 25.8 Å². The lowest BCUT2D eigenvalue weighted by molar-refractivity contribution is -0.144. The van der Waals surface area contributed by atoms with Gasteiger partial charge in [0.1, 0.15) is 17.0 Å². The normalized spacial score (nSPS) is 18.2. The number of hydrogen-bond donors (Lipinski definition) is 5. The average Bonchev–Trinajstić information content (AvgIpc) is 0.944. The summed E-state index contributed by atoms with van der Waals surface area (Å²) in [6, 6.07) is 30.6. The number of carbonyl (C=O) groups excluding carboxylic acids is 5. The number of unbranched alkanes of at least 4 members (excludes halogenated alkanes) is 3. The Balaban J connectivity index is 0.689. The summed E-state index contributed by atoms with van der Waals surface area (Å²) in [6.07, 6.45) is 3.25. The van der Waals surface area contributed by atoms with Crippen molar-refractivity contribution < 1.29 is 63.8 Å². The quantitative estimate of drug-likeness (QED) is 0.0216. The molecule has 0 aliphatic carbocycles. The number of sulfonamides is 1. The van der Waals surface area contributed by atoms with Crippen LogP contribution in [0.3, 0.4) is 0 Å². The number of nitrogens with zero attached hydrogens (tertiary/aromatic N) is 6. The Bertz CT molecular complexity index is 4230. The number of aliphatic hydroxyl groups is 1. The minimum atomic E-state index is -6.12. The summed E-state index contributed by atoms with van der Waals surface area (Å²) in [5.74, 6) is -1.84. The lowest BCUT2D eigenvalue weighted by Crippen LogP contribution is -2.57. The fourth-order valence-corrected chi connectivity index (χ4v) is 17.4. The third-order valence-corrected chi connectivity index (χ3v) is 24.7. The van der Waals surface area contributed by atoms with Crippen molar-refractivity contribution in [2.45, 2.75) is 143 Å². The lowest BCUT2D eigenvalue weighted by atomic mass is 9.85. The van der Waals surface area contributed by atoms with Gasteiger partial charge in [0.05, 0.1) is 52.0 Å². The highest BCUT2D eigenvalue weighted by molar-refractivity contribution is 7.99. The monoisotopic (exact) mass is 1530 g/mol. The number of morpholine rings is 1. The van der Waals surface area contributed by atoms with Crippen LogP contribution in [0.5, 0.6) is 0 Å².